The molecule has 0 spiro atoms. The Morgan fingerprint density at radius 3 is 2.51 bits per heavy atom. The third-order valence-corrected chi connectivity index (χ3v) is 7.53. The molecule has 11 nitrogen and oxygen atoms in total. The number of hydrogen-bond donors (Lipinski definition) is 6. The van der Waals surface area contributed by atoms with Crippen molar-refractivity contribution in [2.75, 3.05) is 10.6 Å². The fourth-order valence-electron chi connectivity index (χ4n) is 5.19. The molecule has 1 unspecified atom stereocenters. The van der Waals surface area contributed by atoms with Crippen molar-refractivity contribution in [2.45, 2.75) is 115 Å². The zero-order valence-electron chi connectivity index (χ0n) is 20.9. The molecule has 0 radical (unpaired) electrons. The number of nitrogens with two attached hydrogens (primary N) is 1. The minimum Gasteiger partial charge on any atom is -0.388 e. The number of carbonyl (C=O) groups excluding carboxylic acids is 1. The van der Waals surface area contributed by atoms with Crippen molar-refractivity contribution >= 4 is 28.8 Å². The number of aromatic nitrogens is 4. The van der Waals surface area contributed by atoms with Crippen LogP contribution >= 0.6 is 0 Å². The van der Waals surface area contributed by atoms with Crippen LogP contribution in [0.4, 0.5) is 11.8 Å². The Balaban J connectivity index is 1.67. The number of aliphatic hydroxyl groups is 2. The number of nitrogens with one attached hydrogen (secondary N) is 3. The smallest absolute Gasteiger partial charge is 0.227 e. The van der Waals surface area contributed by atoms with Crippen molar-refractivity contribution in [3.63, 3.8) is 0 Å². The number of fused-ring (bicyclic) bond motifs is 1. The van der Waals surface area contributed by atoms with Gasteiger partial charge in [0.2, 0.25) is 11.9 Å². The molecule has 7 N–H and O–H groups in total. The van der Waals surface area contributed by atoms with Crippen LogP contribution in [0.3, 0.4) is 0 Å². The van der Waals surface area contributed by atoms with E-state index >= 15 is 0 Å². The van der Waals surface area contributed by atoms with Crippen LogP contribution in [0.2, 0.25) is 0 Å². The van der Waals surface area contributed by atoms with E-state index in [-0.39, 0.29) is 24.0 Å². The lowest BCUT2D eigenvalue weighted by Gasteiger charge is -2.27. The van der Waals surface area contributed by atoms with E-state index in [0.29, 0.717) is 35.8 Å². The molecule has 2 aromatic rings. The zero-order chi connectivity index (χ0) is 25.1. The standard InChI is InChI=1S/C24H40N8O3/c1-4-14(5-2)27-22-19-23(31-24(30-22)28-15-9-7-13(25)8-10-15)32(12-26-19)17-11-16(20(34)21(17)35)29-18(33)6-3/h12-17,20-21,34-35H,4-11,25H2,1-3H3,(H,29,33)(H2,27,28,30,31)/t13?,15?,16-,17?,20+,21-/m0/s1. The number of aliphatic hydroxyl groups excluding tert-OH is 2. The van der Waals surface area contributed by atoms with Crippen LogP contribution in [-0.2, 0) is 4.79 Å². The lowest BCUT2D eigenvalue weighted by Crippen LogP contribution is -2.42. The average molecular weight is 489 g/mol. The van der Waals surface area contributed by atoms with Crippen molar-refractivity contribution in [3.8, 4) is 0 Å². The largest absolute Gasteiger partial charge is 0.388 e. The topological polar surface area (TPSA) is 163 Å². The molecule has 2 aliphatic carbocycles. The highest BCUT2D eigenvalue weighted by atomic mass is 16.3. The Hall–Kier alpha value is -2.50. The monoisotopic (exact) mass is 488 g/mol. The number of anilines is 2. The van der Waals surface area contributed by atoms with Gasteiger partial charge in [0.1, 0.15) is 12.2 Å². The van der Waals surface area contributed by atoms with Crippen molar-refractivity contribution in [3.05, 3.63) is 6.33 Å². The molecule has 2 fully saturated rings. The molecule has 35 heavy (non-hydrogen) atoms. The SMILES string of the molecule is CCC(=O)N[C@H]1CC(n2cnc3c(NC(CC)CC)nc(NC4CCC(N)CC4)nc32)[C@H](O)[C@@H]1O. The molecule has 2 aromatic heterocycles. The van der Waals surface area contributed by atoms with Gasteiger partial charge in [-0.05, 0) is 44.9 Å². The van der Waals surface area contributed by atoms with Gasteiger partial charge < -0.3 is 36.5 Å². The molecule has 4 atom stereocenters. The number of carbonyl (C=O) groups is 1. The minimum absolute atomic E-state index is 0.157. The van der Waals surface area contributed by atoms with Gasteiger partial charge >= 0.3 is 0 Å². The van der Waals surface area contributed by atoms with Crippen LogP contribution < -0.4 is 21.7 Å². The Bertz CT molecular complexity index is 1000. The van der Waals surface area contributed by atoms with E-state index in [0.717, 1.165) is 38.5 Å². The van der Waals surface area contributed by atoms with Crippen LogP contribution in [-0.4, -0.2) is 72.0 Å². The van der Waals surface area contributed by atoms with Crippen LogP contribution in [0, 0.1) is 0 Å². The van der Waals surface area contributed by atoms with Crippen LogP contribution in [0.25, 0.3) is 11.2 Å². The summed E-state index contributed by atoms with van der Waals surface area (Å²) in [6.07, 6.45) is 5.95. The average Bonchev–Trinajstić information content (AvgIpc) is 3.40. The van der Waals surface area contributed by atoms with Gasteiger partial charge in [-0.15, -0.1) is 0 Å². The first-order valence-electron chi connectivity index (χ1n) is 13.0. The molecule has 4 rings (SSSR count). The molecule has 0 bridgehead atoms. The van der Waals surface area contributed by atoms with Gasteiger partial charge in [0.15, 0.2) is 17.0 Å². The number of hydrogen-bond acceptors (Lipinski definition) is 9. The second-order valence-electron chi connectivity index (χ2n) is 9.95. The fraction of sp³-hybridized carbons (Fsp3) is 0.750. The Labute approximate surface area is 206 Å². The summed E-state index contributed by atoms with van der Waals surface area (Å²) >= 11 is 0. The molecule has 194 valence electrons. The van der Waals surface area contributed by atoms with E-state index in [4.69, 9.17) is 15.7 Å². The maximum atomic E-state index is 11.9. The molecule has 2 heterocycles. The molecule has 2 saturated carbocycles. The van der Waals surface area contributed by atoms with E-state index in [2.05, 4.69) is 34.8 Å². The lowest BCUT2D eigenvalue weighted by molar-refractivity contribution is -0.122. The van der Waals surface area contributed by atoms with Gasteiger partial charge in [-0.2, -0.15) is 9.97 Å². The van der Waals surface area contributed by atoms with Gasteiger partial charge in [0, 0.05) is 24.5 Å². The van der Waals surface area contributed by atoms with Gasteiger partial charge in [-0.25, -0.2) is 4.98 Å². The van der Waals surface area contributed by atoms with E-state index in [1.165, 1.54) is 0 Å². The maximum Gasteiger partial charge on any atom is 0.227 e. The second kappa shape index (κ2) is 11.0. The molecule has 2 aliphatic rings. The van der Waals surface area contributed by atoms with E-state index in [9.17, 15) is 15.0 Å². The Morgan fingerprint density at radius 2 is 1.86 bits per heavy atom. The quantitative estimate of drug-likeness (QED) is 0.308. The molecule has 0 aliphatic heterocycles. The molecular weight excluding hydrogens is 448 g/mol. The molecule has 0 saturated heterocycles. The predicted molar refractivity (Wildman–Crippen MR) is 135 cm³/mol. The van der Waals surface area contributed by atoms with Gasteiger partial charge in [-0.3, -0.25) is 4.79 Å². The summed E-state index contributed by atoms with van der Waals surface area (Å²) in [5, 5.41) is 31.3. The zero-order valence-corrected chi connectivity index (χ0v) is 20.9. The Morgan fingerprint density at radius 1 is 1.14 bits per heavy atom. The first-order chi connectivity index (χ1) is 16.8. The van der Waals surface area contributed by atoms with E-state index < -0.39 is 24.3 Å². The third-order valence-electron chi connectivity index (χ3n) is 7.53. The summed E-state index contributed by atoms with van der Waals surface area (Å²) < 4.78 is 1.81. The maximum absolute atomic E-state index is 11.9. The highest BCUT2D eigenvalue weighted by Gasteiger charge is 2.43. The van der Waals surface area contributed by atoms with Crippen LogP contribution in [0.5, 0.6) is 0 Å². The molecular formula is C24H40N8O3. The van der Waals surface area contributed by atoms with Crippen molar-refractivity contribution in [1.82, 2.24) is 24.8 Å². The highest BCUT2D eigenvalue weighted by molar-refractivity contribution is 5.84. The number of imidazole rings is 1. The second-order valence-corrected chi connectivity index (χ2v) is 9.95. The Kier molecular flexibility index (Phi) is 8.08. The van der Waals surface area contributed by atoms with Gasteiger partial charge in [0.25, 0.3) is 0 Å². The van der Waals surface area contributed by atoms with Gasteiger partial charge in [0.05, 0.1) is 18.4 Å². The first kappa shape index (κ1) is 25.6. The summed E-state index contributed by atoms with van der Waals surface area (Å²) in [6.45, 7) is 6.01. The summed E-state index contributed by atoms with van der Waals surface area (Å²) in [6, 6.07) is -0.272. The van der Waals surface area contributed by atoms with Crippen molar-refractivity contribution in [1.29, 1.82) is 0 Å². The van der Waals surface area contributed by atoms with E-state index in [1.54, 1.807) is 13.3 Å². The van der Waals surface area contributed by atoms with Gasteiger partial charge in [-0.1, -0.05) is 20.8 Å². The first-order valence-corrected chi connectivity index (χ1v) is 13.0. The van der Waals surface area contributed by atoms with Crippen LogP contribution in [0.1, 0.15) is 78.2 Å². The minimum atomic E-state index is -1.07. The number of rotatable bonds is 9. The lowest BCUT2D eigenvalue weighted by atomic mass is 9.92. The predicted octanol–water partition coefficient (Wildman–Crippen LogP) is 1.67. The number of nitrogens with zero attached hydrogens (tertiary/aromatic N) is 4. The van der Waals surface area contributed by atoms with Crippen LogP contribution in [0.15, 0.2) is 6.33 Å². The molecule has 1 amide bonds. The van der Waals surface area contributed by atoms with E-state index in [1.807, 2.05) is 4.57 Å². The summed E-state index contributed by atoms with van der Waals surface area (Å²) in [4.78, 5) is 26.1. The van der Waals surface area contributed by atoms with Crippen molar-refractivity contribution < 1.29 is 15.0 Å². The van der Waals surface area contributed by atoms with Crippen molar-refractivity contribution in [2.24, 2.45) is 5.73 Å². The molecule has 11 heteroatoms. The number of amides is 1. The highest BCUT2D eigenvalue weighted by Crippen LogP contribution is 2.35. The summed E-state index contributed by atoms with van der Waals surface area (Å²) in [7, 11) is 0. The molecule has 0 aromatic carbocycles. The normalized spacial score (nSPS) is 29.0. The third kappa shape index (κ3) is 5.52. The summed E-state index contributed by atoms with van der Waals surface area (Å²) in [5.41, 5.74) is 7.28. The summed E-state index contributed by atoms with van der Waals surface area (Å²) in [5.74, 6) is 1.01. The fourth-order valence-corrected chi connectivity index (χ4v) is 5.19.